The summed E-state index contributed by atoms with van der Waals surface area (Å²) in [7, 11) is 0. The molecular formula is C13H12F3NO. The lowest BCUT2D eigenvalue weighted by Crippen LogP contribution is -2.18. The van der Waals surface area contributed by atoms with E-state index in [1.807, 2.05) is 24.4 Å². The monoisotopic (exact) mass is 255 g/mol. The first-order valence-electron chi connectivity index (χ1n) is 5.45. The van der Waals surface area contributed by atoms with Crippen molar-refractivity contribution in [2.45, 2.75) is 12.9 Å². The number of benzene rings is 1. The molecule has 0 aliphatic carbocycles. The van der Waals surface area contributed by atoms with Crippen LogP contribution in [0, 0.1) is 0 Å². The zero-order chi connectivity index (χ0) is 13.0. The number of ether oxygens (including phenoxy) is 1. The summed E-state index contributed by atoms with van der Waals surface area (Å²) in [6.07, 6.45) is 3.20. The number of hydrogen-bond donors (Lipinski definition) is 0. The Morgan fingerprint density at radius 3 is 2.39 bits per heavy atom. The van der Waals surface area contributed by atoms with E-state index in [4.69, 9.17) is 0 Å². The van der Waals surface area contributed by atoms with Crippen LogP contribution in [0.5, 0.6) is 5.75 Å². The second kappa shape index (κ2) is 5.16. The van der Waals surface area contributed by atoms with Crippen LogP contribution in [-0.4, -0.2) is 17.8 Å². The number of allylic oxidation sites excluding steroid dienone is 2. The number of alkyl halides is 3. The van der Waals surface area contributed by atoms with E-state index in [9.17, 15) is 13.2 Å². The lowest BCUT2D eigenvalue weighted by Gasteiger charge is -2.20. The Morgan fingerprint density at radius 2 is 1.83 bits per heavy atom. The summed E-state index contributed by atoms with van der Waals surface area (Å²) in [5.41, 5.74) is 0.935. The minimum absolute atomic E-state index is 0.194. The van der Waals surface area contributed by atoms with Gasteiger partial charge in [0.25, 0.3) is 0 Å². The fraction of sp³-hybridized carbons (Fsp3) is 0.231. The average molecular weight is 255 g/mol. The van der Waals surface area contributed by atoms with Crippen LogP contribution in [0.1, 0.15) is 5.56 Å². The van der Waals surface area contributed by atoms with Crippen LogP contribution in [0.15, 0.2) is 48.7 Å². The third-order valence-electron chi connectivity index (χ3n) is 2.43. The van der Waals surface area contributed by atoms with Crippen molar-refractivity contribution in [1.82, 2.24) is 4.90 Å². The van der Waals surface area contributed by atoms with Gasteiger partial charge in [-0.3, -0.25) is 0 Å². The van der Waals surface area contributed by atoms with Crippen molar-refractivity contribution in [2.24, 2.45) is 0 Å². The molecule has 1 aliphatic heterocycles. The molecule has 0 spiro atoms. The van der Waals surface area contributed by atoms with Crippen LogP contribution in [0.25, 0.3) is 0 Å². The Hall–Kier alpha value is -1.91. The lowest BCUT2D eigenvalue weighted by atomic mass is 10.2. The maximum Gasteiger partial charge on any atom is 0.573 e. The highest BCUT2D eigenvalue weighted by molar-refractivity contribution is 5.27. The first-order chi connectivity index (χ1) is 8.53. The van der Waals surface area contributed by atoms with Gasteiger partial charge in [-0.1, -0.05) is 24.3 Å². The number of halogens is 3. The molecule has 1 aromatic rings. The fourth-order valence-corrected chi connectivity index (χ4v) is 1.66. The zero-order valence-corrected chi connectivity index (χ0v) is 9.52. The van der Waals surface area contributed by atoms with Crippen molar-refractivity contribution in [1.29, 1.82) is 0 Å². The summed E-state index contributed by atoms with van der Waals surface area (Å²) in [6.45, 7) is 1.46. The van der Waals surface area contributed by atoms with Crippen molar-refractivity contribution in [3.63, 3.8) is 0 Å². The zero-order valence-electron chi connectivity index (χ0n) is 9.52. The maximum absolute atomic E-state index is 12.0. The fourth-order valence-electron chi connectivity index (χ4n) is 1.66. The van der Waals surface area contributed by atoms with Gasteiger partial charge in [-0.15, -0.1) is 13.2 Å². The van der Waals surface area contributed by atoms with Crippen molar-refractivity contribution in [2.75, 3.05) is 6.54 Å². The Kier molecular flexibility index (Phi) is 3.60. The first-order valence-corrected chi connectivity index (χ1v) is 5.45. The molecule has 0 atom stereocenters. The summed E-state index contributed by atoms with van der Waals surface area (Å²) in [5.74, 6) is -0.194. The molecule has 1 aromatic carbocycles. The minimum Gasteiger partial charge on any atom is -0.406 e. The Morgan fingerprint density at radius 1 is 1.11 bits per heavy atom. The third kappa shape index (κ3) is 3.84. The quantitative estimate of drug-likeness (QED) is 0.820. The van der Waals surface area contributed by atoms with Crippen molar-refractivity contribution in [3.05, 3.63) is 54.3 Å². The van der Waals surface area contributed by atoms with Crippen LogP contribution in [0.2, 0.25) is 0 Å². The van der Waals surface area contributed by atoms with Gasteiger partial charge in [0.15, 0.2) is 0 Å². The average Bonchev–Trinajstić information content (AvgIpc) is 2.31. The van der Waals surface area contributed by atoms with Gasteiger partial charge >= 0.3 is 6.36 Å². The van der Waals surface area contributed by atoms with Gasteiger partial charge in [0, 0.05) is 13.1 Å². The molecule has 96 valence electrons. The molecule has 2 rings (SSSR count). The smallest absolute Gasteiger partial charge is 0.406 e. The molecule has 1 aliphatic rings. The van der Waals surface area contributed by atoms with Gasteiger partial charge in [-0.2, -0.15) is 0 Å². The molecule has 1 heterocycles. The Labute approximate surface area is 103 Å². The normalized spacial score (nSPS) is 14.9. The summed E-state index contributed by atoms with van der Waals surface area (Å²) >= 11 is 0. The molecule has 0 amide bonds. The van der Waals surface area contributed by atoms with Gasteiger partial charge in [-0.25, -0.2) is 0 Å². The summed E-state index contributed by atoms with van der Waals surface area (Å²) in [6, 6.07) is 5.92. The Balaban J connectivity index is 1.95. The molecule has 0 radical (unpaired) electrons. The van der Waals surface area contributed by atoms with E-state index in [0.717, 1.165) is 12.1 Å². The standard InChI is InChI=1S/C13H12F3NO/c14-13(15,16)18-12-6-4-11(5-7-12)10-17-8-2-1-3-9-17/h1-8H,9-10H2. The molecular weight excluding hydrogens is 243 g/mol. The van der Waals surface area contributed by atoms with E-state index in [1.165, 1.54) is 12.1 Å². The number of hydrogen-bond acceptors (Lipinski definition) is 2. The highest BCUT2D eigenvalue weighted by Gasteiger charge is 2.30. The van der Waals surface area contributed by atoms with Crippen molar-refractivity contribution >= 4 is 0 Å². The van der Waals surface area contributed by atoms with Gasteiger partial charge in [-0.05, 0) is 30.0 Å². The molecule has 0 aromatic heterocycles. The maximum atomic E-state index is 12.0. The van der Waals surface area contributed by atoms with E-state index in [1.54, 1.807) is 12.1 Å². The van der Waals surface area contributed by atoms with Crippen LogP contribution < -0.4 is 4.74 Å². The SMILES string of the molecule is FC(F)(F)Oc1ccc(CN2C=CC=CC2)cc1. The van der Waals surface area contributed by atoms with Crippen molar-refractivity contribution in [3.8, 4) is 5.75 Å². The second-order valence-corrected chi connectivity index (χ2v) is 3.89. The van der Waals surface area contributed by atoms with Gasteiger partial charge in [0.2, 0.25) is 0 Å². The van der Waals surface area contributed by atoms with Crippen LogP contribution in [0.4, 0.5) is 13.2 Å². The predicted molar refractivity (Wildman–Crippen MR) is 61.8 cm³/mol. The van der Waals surface area contributed by atoms with Gasteiger partial charge in [0.1, 0.15) is 5.75 Å². The van der Waals surface area contributed by atoms with E-state index in [-0.39, 0.29) is 5.75 Å². The third-order valence-corrected chi connectivity index (χ3v) is 2.43. The molecule has 0 N–H and O–H groups in total. The molecule has 0 bridgehead atoms. The summed E-state index contributed by atoms with van der Waals surface area (Å²) in [4.78, 5) is 2.06. The van der Waals surface area contributed by atoms with Crippen LogP contribution >= 0.6 is 0 Å². The highest BCUT2D eigenvalue weighted by atomic mass is 19.4. The topological polar surface area (TPSA) is 12.5 Å². The summed E-state index contributed by atoms with van der Waals surface area (Å²) in [5, 5.41) is 0. The second-order valence-electron chi connectivity index (χ2n) is 3.89. The number of nitrogens with zero attached hydrogens (tertiary/aromatic N) is 1. The lowest BCUT2D eigenvalue weighted by molar-refractivity contribution is -0.274. The predicted octanol–water partition coefficient (Wildman–Crippen LogP) is 3.47. The molecule has 0 unspecified atom stereocenters. The molecule has 2 nitrogen and oxygen atoms in total. The molecule has 18 heavy (non-hydrogen) atoms. The molecule has 0 saturated carbocycles. The minimum atomic E-state index is -4.64. The highest BCUT2D eigenvalue weighted by Crippen LogP contribution is 2.23. The van der Waals surface area contributed by atoms with Crippen LogP contribution in [0.3, 0.4) is 0 Å². The van der Waals surface area contributed by atoms with Gasteiger partial charge < -0.3 is 9.64 Å². The largest absolute Gasteiger partial charge is 0.573 e. The number of rotatable bonds is 3. The first kappa shape index (κ1) is 12.5. The van der Waals surface area contributed by atoms with E-state index in [2.05, 4.69) is 9.64 Å². The molecule has 0 fully saturated rings. The Bertz CT molecular complexity index is 448. The van der Waals surface area contributed by atoms with Crippen LogP contribution in [-0.2, 0) is 6.54 Å². The van der Waals surface area contributed by atoms with Crippen molar-refractivity contribution < 1.29 is 17.9 Å². The summed E-state index contributed by atoms with van der Waals surface area (Å²) < 4.78 is 39.7. The van der Waals surface area contributed by atoms with E-state index < -0.39 is 6.36 Å². The van der Waals surface area contributed by atoms with Gasteiger partial charge in [0.05, 0.1) is 0 Å². The van der Waals surface area contributed by atoms with E-state index in [0.29, 0.717) is 6.54 Å². The van der Waals surface area contributed by atoms with E-state index >= 15 is 0 Å². The molecule has 0 saturated heterocycles. The molecule has 5 heteroatoms.